The molecule has 1 heterocycles. The Labute approximate surface area is 118 Å². The Bertz CT molecular complexity index is 654. The number of nitrogens with one attached hydrogen (secondary N) is 1. The fourth-order valence-corrected chi connectivity index (χ4v) is 1.91. The zero-order chi connectivity index (χ0) is 14.8. The first-order valence-electron chi connectivity index (χ1n) is 6.76. The van der Waals surface area contributed by atoms with E-state index in [1.165, 1.54) is 6.07 Å². The molecule has 2 aromatic rings. The minimum Gasteiger partial charge on any atom is -0.493 e. The van der Waals surface area contributed by atoms with Gasteiger partial charge in [0.2, 0.25) is 0 Å². The van der Waals surface area contributed by atoms with Gasteiger partial charge in [-0.05, 0) is 19.1 Å². The van der Waals surface area contributed by atoms with E-state index >= 15 is 0 Å². The fraction of sp³-hybridized carbons (Fsp3) is 0.375. The summed E-state index contributed by atoms with van der Waals surface area (Å²) < 4.78 is 5.60. The van der Waals surface area contributed by atoms with E-state index in [0.29, 0.717) is 18.1 Å². The molecular formula is C16H20N2O2. The quantitative estimate of drug-likeness (QED) is 0.934. The molecule has 0 bridgehead atoms. The molecule has 0 unspecified atom stereocenters. The molecule has 20 heavy (non-hydrogen) atoms. The molecule has 0 aliphatic carbocycles. The maximum Gasteiger partial charge on any atom is 0.251 e. The van der Waals surface area contributed by atoms with Gasteiger partial charge in [-0.1, -0.05) is 32.9 Å². The van der Waals surface area contributed by atoms with Crippen LogP contribution in [-0.4, -0.2) is 16.6 Å². The molecule has 0 spiro atoms. The van der Waals surface area contributed by atoms with Crippen LogP contribution in [0.4, 0.5) is 0 Å². The van der Waals surface area contributed by atoms with Gasteiger partial charge in [-0.2, -0.15) is 0 Å². The normalized spacial score (nSPS) is 11.4. The summed E-state index contributed by atoms with van der Waals surface area (Å²) in [5, 5.41) is 0. The topological polar surface area (TPSA) is 55.0 Å². The molecular weight excluding hydrogens is 252 g/mol. The molecule has 0 fully saturated rings. The number of ether oxygens (including phenoxy) is 1. The average molecular weight is 272 g/mol. The molecule has 106 valence electrons. The predicted molar refractivity (Wildman–Crippen MR) is 80.2 cm³/mol. The van der Waals surface area contributed by atoms with Crippen molar-refractivity contribution in [1.29, 1.82) is 0 Å². The van der Waals surface area contributed by atoms with Gasteiger partial charge in [0.25, 0.3) is 5.56 Å². The van der Waals surface area contributed by atoms with Crippen LogP contribution in [0.3, 0.4) is 0 Å². The molecule has 0 saturated carbocycles. The third-order valence-corrected chi connectivity index (χ3v) is 2.91. The summed E-state index contributed by atoms with van der Waals surface area (Å²) in [5.41, 5.74) is 1.12. The summed E-state index contributed by atoms with van der Waals surface area (Å²) in [4.78, 5) is 19.2. The van der Waals surface area contributed by atoms with E-state index < -0.39 is 0 Å². The molecule has 0 atom stereocenters. The number of para-hydroxylation sites is 1. The monoisotopic (exact) mass is 272 g/mol. The smallest absolute Gasteiger partial charge is 0.251 e. The standard InChI is InChI=1S/C16H20N2O2/c1-5-20-13-9-7-6-8-11(13)12-10-14(19)18-15(17-12)16(2,3)4/h6-10H,5H2,1-4H3,(H,17,18,19). The molecule has 1 N–H and O–H groups in total. The number of aromatic nitrogens is 2. The van der Waals surface area contributed by atoms with Gasteiger partial charge in [0.05, 0.1) is 12.3 Å². The van der Waals surface area contributed by atoms with Crippen LogP contribution in [0.1, 0.15) is 33.5 Å². The van der Waals surface area contributed by atoms with Crippen molar-refractivity contribution in [2.24, 2.45) is 0 Å². The Morgan fingerprint density at radius 2 is 1.95 bits per heavy atom. The van der Waals surface area contributed by atoms with E-state index in [1.54, 1.807) is 0 Å². The Hall–Kier alpha value is -2.10. The van der Waals surface area contributed by atoms with Crippen LogP contribution in [0, 0.1) is 0 Å². The number of nitrogens with zero attached hydrogens (tertiary/aromatic N) is 1. The van der Waals surface area contributed by atoms with E-state index in [9.17, 15) is 4.79 Å². The summed E-state index contributed by atoms with van der Waals surface area (Å²) in [5.74, 6) is 1.42. The van der Waals surface area contributed by atoms with Crippen LogP contribution in [0.25, 0.3) is 11.3 Å². The second-order valence-corrected chi connectivity index (χ2v) is 5.66. The van der Waals surface area contributed by atoms with Crippen molar-refractivity contribution in [3.63, 3.8) is 0 Å². The Balaban J connectivity index is 2.59. The molecule has 0 aliphatic rings. The number of hydrogen-bond donors (Lipinski definition) is 1. The van der Waals surface area contributed by atoms with Crippen molar-refractivity contribution in [3.05, 3.63) is 46.5 Å². The third-order valence-electron chi connectivity index (χ3n) is 2.91. The van der Waals surface area contributed by atoms with Crippen LogP contribution >= 0.6 is 0 Å². The lowest BCUT2D eigenvalue weighted by atomic mass is 9.95. The first kappa shape index (κ1) is 14.3. The maximum absolute atomic E-state index is 11.9. The molecule has 2 rings (SSSR count). The summed E-state index contributed by atoms with van der Waals surface area (Å²) in [7, 11) is 0. The molecule has 0 aliphatic heterocycles. The van der Waals surface area contributed by atoms with Crippen molar-refractivity contribution in [2.45, 2.75) is 33.1 Å². The van der Waals surface area contributed by atoms with Gasteiger partial charge in [-0.25, -0.2) is 4.98 Å². The lowest BCUT2D eigenvalue weighted by Crippen LogP contribution is -2.22. The van der Waals surface area contributed by atoms with E-state index in [0.717, 1.165) is 11.3 Å². The SMILES string of the molecule is CCOc1ccccc1-c1cc(=O)[nH]c(C(C)(C)C)n1. The number of benzene rings is 1. The molecule has 0 saturated heterocycles. The van der Waals surface area contributed by atoms with Gasteiger partial charge in [0.15, 0.2) is 0 Å². The summed E-state index contributed by atoms with van der Waals surface area (Å²) in [6, 6.07) is 9.13. The van der Waals surface area contributed by atoms with Crippen molar-refractivity contribution in [3.8, 4) is 17.0 Å². The first-order chi connectivity index (χ1) is 9.41. The zero-order valence-corrected chi connectivity index (χ0v) is 12.4. The highest BCUT2D eigenvalue weighted by atomic mass is 16.5. The fourth-order valence-electron chi connectivity index (χ4n) is 1.91. The van der Waals surface area contributed by atoms with Gasteiger partial charge >= 0.3 is 0 Å². The number of hydrogen-bond acceptors (Lipinski definition) is 3. The minimum absolute atomic E-state index is 0.147. The largest absolute Gasteiger partial charge is 0.493 e. The van der Waals surface area contributed by atoms with Crippen molar-refractivity contribution in [1.82, 2.24) is 9.97 Å². The summed E-state index contributed by atoms with van der Waals surface area (Å²) in [6.45, 7) is 8.56. The highest BCUT2D eigenvalue weighted by molar-refractivity contribution is 5.66. The Morgan fingerprint density at radius 1 is 1.25 bits per heavy atom. The van der Waals surface area contributed by atoms with E-state index in [-0.39, 0.29) is 11.0 Å². The Kier molecular flexibility index (Phi) is 3.93. The van der Waals surface area contributed by atoms with E-state index in [1.807, 2.05) is 52.0 Å². The summed E-state index contributed by atoms with van der Waals surface area (Å²) >= 11 is 0. The predicted octanol–water partition coefficient (Wildman–Crippen LogP) is 3.13. The van der Waals surface area contributed by atoms with Crippen molar-refractivity contribution in [2.75, 3.05) is 6.61 Å². The summed E-state index contributed by atoms with van der Waals surface area (Å²) in [6.07, 6.45) is 0. The van der Waals surface area contributed by atoms with Crippen LogP contribution < -0.4 is 10.3 Å². The molecule has 0 amide bonds. The van der Waals surface area contributed by atoms with Gasteiger partial charge in [-0.15, -0.1) is 0 Å². The third kappa shape index (κ3) is 3.07. The zero-order valence-electron chi connectivity index (χ0n) is 12.4. The number of rotatable bonds is 3. The van der Waals surface area contributed by atoms with Crippen LogP contribution in [0.2, 0.25) is 0 Å². The average Bonchev–Trinajstić information content (AvgIpc) is 2.38. The molecule has 4 nitrogen and oxygen atoms in total. The molecule has 4 heteroatoms. The first-order valence-corrected chi connectivity index (χ1v) is 6.76. The molecule has 0 radical (unpaired) electrons. The van der Waals surface area contributed by atoms with E-state index in [2.05, 4.69) is 9.97 Å². The highest BCUT2D eigenvalue weighted by Crippen LogP contribution is 2.28. The van der Waals surface area contributed by atoms with Gasteiger partial charge < -0.3 is 9.72 Å². The second-order valence-electron chi connectivity index (χ2n) is 5.66. The minimum atomic E-state index is -0.213. The lowest BCUT2D eigenvalue weighted by molar-refractivity contribution is 0.341. The van der Waals surface area contributed by atoms with Gasteiger partial charge in [0.1, 0.15) is 11.6 Å². The molecule has 1 aromatic heterocycles. The van der Waals surface area contributed by atoms with Crippen LogP contribution in [0.5, 0.6) is 5.75 Å². The lowest BCUT2D eigenvalue weighted by Gasteiger charge is -2.18. The maximum atomic E-state index is 11.9. The van der Waals surface area contributed by atoms with Crippen LogP contribution in [-0.2, 0) is 5.41 Å². The van der Waals surface area contributed by atoms with E-state index in [4.69, 9.17) is 4.74 Å². The highest BCUT2D eigenvalue weighted by Gasteiger charge is 2.18. The van der Waals surface area contributed by atoms with Crippen molar-refractivity contribution >= 4 is 0 Å². The van der Waals surface area contributed by atoms with Crippen LogP contribution in [0.15, 0.2) is 35.1 Å². The molecule has 1 aromatic carbocycles. The second kappa shape index (κ2) is 5.49. The van der Waals surface area contributed by atoms with Gasteiger partial charge in [-0.3, -0.25) is 4.79 Å². The number of aromatic amines is 1. The van der Waals surface area contributed by atoms with Crippen molar-refractivity contribution < 1.29 is 4.74 Å². The van der Waals surface area contributed by atoms with Gasteiger partial charge in [0, 0.05) is 17.0 Å². The Morgan fingerprint density at radius 3 is 2.60 bits per heavy atom. The number of H-pyrrole nitrogens is 1.